The first kappa shape index (κ1) is 11.6. The molecule has 1 unspecified atom stereocenters. The predicted molar refractivity (Wildman–Crippen MR) is 64.3 cm³/mol. The van der Waals surface area contributed by atoms with Crippen molar-refractivity contribution >= 4 is 0 Å². The molecule has 0 fully saturated rings. The molecule has 1 aliphatic carbocycles. The van der Waals surface area contributed by atoms with Gasteiger partial charge in [-0.25, -0.2) is 0 Å². The highest BCUT2D eigenvalue weighted by Crippen LogP contribution is 2.51. The Bertz CT molecular complexity index is 255. The third kappa shape index (κ3) is 1.67. The van der Waals surface area contributed by atoms with Gasteiger partial charge in [-0.05, 0) is 23.7 Å². The number of hydrogen-bond donors (Lipinski definition) is 0. The van der Waals surface area contributed by atoms with Crippen LogP contribution in [0.25, 0.3) is 0 Å². The van der Waals surface area contributed by atoms with Crippen molar-refractivity contribution in [2.45, 2.75) is 53.9 Å². The topological polar surface area (TPSA) is 0 Å². The number of hydrogen-bond acceptors (Lipinski definition) is 0. The standard InChI is InChI=1S/C14H24/c1-6-10-14(5)12(7-2)9-8-11-13(14,3)4/h8-9,11H,6-7,10H2,1-5H3. The SMILES string of the molecule is CCCC1(C)C(CC)=CC=CC1(C)C. The van der Waals surface area contributed by atoms with Gasteiger partial charge in [-0.15, -0.1) is 0 Å². The molecule has 0 nitrogen and oxygen atoms in total. The first-order valence-electron chi connectivity index (χ1n) is 5.87. The van der Waals surface area contributed by atoms with Gasteiger partial charge in [-0.3, -0.25) is 0 Å². The lowest BCUT2D eigenvalue weighted by atomic mass is 9.58. The van der Waals surface area contributed by atoms with Crippen LogP contribution in [0.2, 0.25) is 0 Å². The number of rotatable bonds is 3. The summed E-state index contributed by atoms with van der Waals surface area (Å²) >= 11 is 0. The molecule has 0 aliphatic heterocycles. The molecule has 0 amide bonds. The van der Waals surface area contributed by atoms with Crippen LogP contribution in [0.3, 0.4) is 0 Å². The van der Waals surface area contributed by atoms with Gasteiger partial charge in [-0.1, -0.05) is 64.8 Å². The fourth-order valence-electron chi connectivity index (χ4n) is 2.68. The Morgan fingerprint density at radius 2 is 1.79 bits per heavy atom. The molecule has 1 atom stereocenters. The summed E-state index contributed by atoms with van der Waals surface area (Å²) in [5.41, 5.74) is 2.29. The highest BCUT2D eigenvalue weighted by atomic mass is 14.5. The average Bonchev–Trinajstić information content (AvgIpc) is 2.10. The van der Waals surface area contributed by atoms with Gasteiger partial charge in [0.2, 0.25) is 0 Å². The van der Waals surface area contributed by atoms with E-state index in [-0.39, 0.29) is 0 Å². The maximum atomic E-state index is 2.43. The minimum Gasteiger partial charge on any atom is -0.0780 e. The van der Waals surface area contributed by atoms with Gasteiger partial charge in [0.05, 0.1) is 0 Å². The van der Waals surface area contributed by atoms with Crippen LogP contribution in [-0.2, 0) is 0 Å². The van der Waals surface area contributed by atoms with Crippen molar-refractivity contribution in [2.75, 3.05) is 0 Å². The molecule has 0 radical (unpaired) electrons. The Morgan fingerprint density at radius 3 is 2.29 bits per heavy atom. The number of allylic oxidation sites excluding steroid dienone is 4. The fraction of sp³-hybridized carbons (Fsp3) is 0.714. The maximum absolute atomic E-state index is 2.43. The molecule has 0 heterocycles. The van der Waals surface area contributed by atoms with E-state index in [1.54, 1.807) is 5.57 Å². The molecule has 0 saturated heterocycles. The van der Waals surface area contributed by atoms with E-state index >= 15 is 0 Å². The molecule has 1 aliphatic rings. The maximum Gasteiger partial charge on any atom is -0.00278 e. The van der Waals surface area contributed by atoms with Crippen LogP contribution in [0.4, 0.5) is 0 Å². The van der Waals surface area contributed by atoms with Gasteiger partial charge in [-0.2, -0.15) is 0 Å². The molecule has 1 rings (SSSR count). The van der Waals surface area contributed by atoms with E-state index in [0.717, 1.165) is 0 Å². The van der Waals surface area contributed by atoms with Crippen LogP contribution >= 0.6 is 0 Å². The second-order valence-electron chi connectivity index (χ2n) is 5.21. The molecule has 0 aromatic heterocycles. The average molecular weight is 192 g/mol. The Morgan fingerprint density at radius 1 is 1.14 bits per heavy atom. The normalized spacial score (nSPS) is 30.2. The second-order valence-corrected chi connectivity index (χ2v) is 5.21. The van der Waals surface area contributed by atoms with E-state index in [1.165, 1.54) is 19.3 Å². The molecular formula is C14H24. The molecule has 0 aromatic carbocycles. The molecule has 14 heavy (non-hydrogen) atoms. The summed E-state index contributed by atoms with van der Waals surface area (Å²) in [6.07, 6.45) is 10.7. The van der Waals surface area contributed by atoms with Crippen LogP contribution in [0.1, 0.15) is 53.9 Å². The van der Waals surface area contributed by atoms with Crippen molar-refractivity contribution in [3.63, 3.8) is 0 Å². The zero-order valence-corrected chi connectivity index (χ0v) is 10.4. The van der Waals surface area contributed by atoms with Crippen LogP contribution < -0.4 is 0 Å². The van der Waals surface area contributed by atoms with Gasteiger partial charge in [0.15, 0.2) is 0 Å². The third-order valence-corrected chi connectivity index (χ3v) is 4.07. The van der Waals surface area contributed by atoms with Crippen molar-refractivity contribution in [3.05, 3.63) is 23.8 Å². The quantitative estimate of drug-likeness (QED) is 0.606. The zero-order valence-electron chi connectivity index (χ0n) is 10.4. The summed E-state index contributed by atoms with van der Waals surface area (Å²) in [4.78, 5) is 0. The lowest BCUT2D eigenvalue weighted by Gasteiger charge is -2.46. The molecule has 80 valence electrons. The van der Waals surface area contributed by atoms with Crippen molar-refractivity contribution in [1.29, 1.82) is 0 Å². The Kier molecular flexibility index (Phi) is 3.24. The summed E-state index contributed by atoms with van der Waals surface area (Å²) in [7, 11) is 0. The van der Waals surface area contributed by atoms with E-state index in [0.29, 0.717) is 10.8 Å². The summed E-state index contributed by atoms with van der Waals surface area (Å²) in [5.74, 6) is 0. The Hall–Kier alpha value is -0.520. The van der Waals surface area contributed by atoms with Crippen molar-refractivity contribution in [3.8, 4) is 0 Å². The van der Waals surface area contributed by atoms with Crippen LogP contribution in [0, 0.1) is 10.8 Å². The second kappa shape index (κ2) is 3.92. The van der Waals surface area contributed by atoms with E-state index < -0.39 is 0 Å². The van der Waals surface area contributed by atoms with Gasteiger partial charge in [0.1, 0.15) is 0 Å². The summed E-state index contributed by atoms with van der Waals surface area (Å²) in [6, 6.07) is 0. The highest BCUT2D eigenvalue weighted by Gasteiger charge is 2.41. The first-order chi connectivity index (χ1) is 6.48. The Balaban J connectivity index is 3.07. The minimum atomic E-state index is 0.309. The third-order valence-electron chi connectivity index (χ3n) is 4.07. The fourth-order valence-corrected chi connectivity index (χ4v) is 2.68. The molecule has 0 aromatic rings. The smallest absolute Gasteiger partial charge is 0.00278 e. The van der Waals surface area contributed by atoms with Gasteiger partial charge < -0.3 is 0 Å². The Labute approximate surface area is 89.1 Å². The van der Waals surface area contributed by atoms with E-state index in [1.807, 2.05) is 0 Å². The van der Waals surface area contributed by atoms with E-state index in [2.05, 4.69) is 52.8 Å². The van der Waals surface area contributed by atoms with Crippen molar-refractivity contribution in [2.24, 2.45) is 10.8 Å². The molecule has 0 heteroatoms. The molecule has 0 spiro atoms. The molecule has 0 bridgehead atoms. The van der Waals surface area contributed by atoms with Crippen LogP contribution in [0.5, 0.6) is 0 Å². The summed E-state index contributed by atoms with van der Waals surface area (Å²) < 4.78 is 0. The largest absolute Gasteiger partial charge is 0.0780 e. The minimum absolute atomic E-state index is 0.309. The zero-order chi connectivity index (χ0) is 10.8. The lowest BCUT2D eigenvalue weighted by Crippen LogP contribution is -2.36. The monoisotopic (exact) mass is 192 g/mol. The summed E-state index contributed by atoms with van der Waals surface area (Å²) in [6.45, 7) is 11.7. The predicted octanol–water partition coefficient (Wildman–Crippen LogP) is 4.73. The van der Waals surface area contributed by atoms with Gasteiger partial charge in [0.25, 0.3) is 0 Å². The molecule has 0 saturated carbocycles. The first-order valence-corrected chi connectivity index (χ1v) is 5.87. The highest BCUT2D eigenvalue weighted by molar-refractivity contribution is 5.30. The molecular weight excluding hydrogens is 168 g/mol. The molecule has 0 N–H and O–H groups in total. The van der Waals surface area contributed by atoms with Crippen molar-refractivity contribution < 1.29 is 0 Å². The summed E-state index contributed by atoms with van der Waals surface area (Å²) in [5, 5.41) is 0. The van der Waals surface area contributed by atoms with E-state index in [9.17, 15) is 0 Å². The lowest BCUT2D eigenvalue weighted by molar-refractivity contribution is 0.164. The van der Waals surface area contributed by atoms with Crippen LogP contribution in [-0.4, -0.2) is 0 Å². The van der Waals surface area contributed by atoms with Crippen molar-refractivity contribution in [1.82, 2.24) is 0 Å². The van der Waals surface area contributed by atoms with E-state index in [4.69, 9.17) is 0 Å². The van der Waals surface area contributed by atoms with Crippen LogP contribution in [0.15, 0.2) is 23.8 Å². The van der Waals surface area contributed by atoms with Gasteiger partial charge >= 0.3 is 0 Å². The van der Waals surface area contributed by atoms with Gasteiger partial charge in [0, 0.05) is 0 Å².